The van der Waals surface area contributed by atoms with Crippen LogP contribution in [-0.2, 0) is 11.3 Å². The van der Waals surface area contributed by atoms with E-state index < -0.39 is 0 Å². The van der Waals surface area contributed by atoms with Gasteiger partial charge in [0.15, 0.2) is 6.54 Å². The Labute approximate surface area is 140 Å². The fourth-order valence-corrected chi connectivity index (χ4v) is 3.42. The molecule has 1 aromatic carbocycles. The number of hydrogen-bond acceptors (Lipinski definition) is 2. The molecular formula is C17H20ClN2OS+. The van der Waals surface area contributed by atoms with Crippen LogP contribution in [0.1, 0.15) is 10.4 Å². The molecule has 0 spiro atoms. The third kappa shape index (κ3) is 5.30. The first-order valence-electron chi connectivity index (χ1n) is 7.12. The molecule has 1 unspecified atom stereocenters. The van der Waals surface area contributed by atoms with Crippen LogP contribution in [0.4, 0.5) is 5.69 Å². The van der Waals surface area contributed by atoms with Gasteiger partial charge in [-0.25, -0.2) is 0 Å². The number of carbonyl (C=O) groups is 1. The molecule has 0 radical (unpaired) electrons. The first kappa shape index (κ1) is 16.7. The Kier molecular flexibility index (Phi) is 6.19. The second-order valence-corrected chi connectivity index (χ2v) is 7.02. The molecule has 0 saturated heterocycles. The summed E-state index contributed by atoms with van der Waals surface area (Å²) in [5.74, 6) is 0.00473. The average molecular weight is 336 g/mol. The topological polar surface area (TPSA) is 33.5 Å². The Morgan fingerprint density at radius 1 is 1.41 bits per heavy atom. The molecule has 0 aliphatic heterocycles. The van der Waals surface area contributed by atoms with Crippen LogP contribution in [0.15, 0.2) is 49.1 Å². The molecular weight excluding hydrogens is 316 g/mol. The Morgan fingerprint density at radius 2 is 2.23 bits per heavy atom. The highest BCUT2D eigenvalue weighted by molar-refractivity contribution is 7.16. The van der Waals surface area contributed by atoms with Crippen molar-refractivity contribution in [2.24, 2.45) is 0 Å². The van der Waals surface area contributed by atoms with Crippen molar-refractivity contribution in [2.75, 3.05) is 18.4 Å². The molecule has 2 aromatic rings. The van der Waals surface area contributed by atoms with E-state index in [1.807, 2.05) is 49.4 Å². The van der Waals surface area contributed by atoms with Gasteiger partial charge in [-0.1, -0.05) is 30.3 Å². The molecule has 0 fully saturated rings. The van der Waals surface area contributed by atoms with E-state index in [0.717, 1.165) is 33.6 Å². The van der Waals surface area contributed by atoms with Crippen molar-refractivity contribution in [2.45, 2.75) is 13.5 Å². The SMILES string of the molecule is C=CC[NH+](CC(=O)Nc1cccc(C)c1)Cc1ccc(Cl)s1. The van der Waals surface area contributed by atoms with Crippen molar-refractivity contribution in [1.82, 2.24) is 0 Å². The zero-order chi connectivity index (χ0) is 15.9. The van der Waals surface area contributed by atoms with Crippen molar-refractivity contribution in [3.63, 3.8) is 0 Å². The summed E-state index contributed by atoms with van der Waals surface area (Å²) in [5, 5.41) is 2.95. The maximum atomic E-state index is 12.2. The van der Waals surface area contributed by atoms with Gasteiger partial charge < -0.3 is 10.2 Å². The predicted molar refractivity (Wildman–Crippen MR) is 93.7 cm³/mol. The first-order valence-corrected chi connectivity index (χ1v) is 8.31. The molecule has 2 N–H and O–H groups in total. The minimum Gasteiger partial charge on any atom is -0.321 e. The number of hydrogen-bond donors (Lipinski definition) is 2. The number of amides is 1. The fraction of sp³-hybridized carbons (Fsp3) is 0.235. The Balaban J connectivity index is 1.94. The van der Waals surface area contributed by atoms with E-state index in [4.69, 9.17) is 11.6 Å². The van der Waals surface area contributed by atoms with Crippen LogP contribution in [0.3, 0.4) is 0 Å². The van der Waals surface area contributed by atoms with Crippen LogP contribution in [-0.4, -0.2) is 19.0 Å². The van der Waals surface area contributed by atoms with E-state index >= 15 is 0 Å². The minimum atomic E-state index is 0.00473. The predicted octanol–water partition coefficient (Wildman–Crippen LogP) is 2.92. The number of benzene rings is 1. The van der Waals surface area contributed by atoms with Gasteiger partial charge in [0.05, 0.1) is 15.8 Å². The molecule has 0 saturated carbocycles. The van der Waals surface area contributed by atoms with Gasteiger partial charge in [0, 0.05) is 5.69 Å². The molecule has 2 rings (SSSR count). The summed E-state index contributed by atoms with van der Waals surface area (Å²) in [6.07, 6.45) is 1.84. The van der Waals surface area contributed by atoms with Gasteiger partial charge in [0.2, 0.25) is 0 Å². The van der Waals surface area contributed by atoms with Crippen LogP contribution < -0.4 is 10.2 Å². The van der Waals surface area contributed by atoms with Gasteiger partial charge in [0.1, 0.15) is 6.54 Å². The molecule has 1 heterocycles. The van der Waals surface area contributed by atoms with Crippen LogP contribution in [0.25, 0.3) is 0 Å². The van der Waals surface area contributed by atoms with Gasteiger partial charge >= 0.3 is 0 Å². The van der Waals surface area contributed by atoms with E-state index in [0.29, 0.717) is 6.54 Å². The maximum Gasteiger partial charge on any atom is 0.279 e. The van der Waals surface area contributed by atoms with Gasteiger partial charge in [-0.3, -0.25) is 4.79 Å². The van der Waals surface area contributed by atoms with Crippen molar-refractivity contribution >= 4 is 34.5 Å². The minimum absolute atomic E-state index is 0.00473. The normalized spacial score (nSPS) is 11.9. The second kappa shape index (κ2) is 8.13. The molecule has 0 aliphatic rings. The molecule has 5 heteroatoms. The number of anilines is 1. The van der Waals surface area contributed by atoms with Crippen molar-refractivity contribution in [3.05, 3.63) is 63.8 Å². The quantitative estimate of drug-likeness (QED) is 0.749. The summed E-state index contributed by atoms with van der Waals surface area (Å²) < 4.78 is 0.775. The smallest absolute Gasteiger partial charge is 0.279 e. The van der Waals surface area contributed by atoms with Crippen LogP contribution in [0.5, 0.6) is 0 Å². The van der Waals surface area contributed by atoms with Gasteiger partial charge in [-0.05, 0) is 42.8 Å². The average Bonchev–Trinajstić information content (AvgIpc) is 2.84. The molecule has 0 aliphatic carbocycles. The number of carbonyl (C=O) groups excluding carboxylic acids is 1. The number of thiophene rings is 1. The second-order valence-electron chi connectivity index (χ2n) is 5.22. The summed E-state index contributed by atoms with van der Waals surface area (Å²) in [4.78, 5) is 14.5. The number of nitrogens with one attached hydrogen (secondary N) is 2. The van der Waals surface area contributed by atoms with Gasteiger partial charge in [-0.2, -0.15) is 0 Å². The Morgan fingerprint density at radius 3 is 2.86 bits per heavy atom. The summed E-state index contributed by atoms with van der Waals surface area (Å²) in [5.41, 5.74) is 1.96. The van der Waals surface area contributed by atoms with Crippen LogP contribution in [0.2, 0.25) is 4.34 Å². The maximum absolute atomic E-state index is 12.2. The monoisotopic (exact) mass is 335 g/mol. The van der Waals surface area contributed by atoms with E-state index in [1.54, 1.807) is 11.3 Å². The molecule has 1 amide bonds. The summed E-state index contributed by atoms with van der Waals surface area (Å²) >= 11 is 7.51. The van der Waals surface area contributed by atoms with E-state index in [1.165, 1.54) is 4.88 Å². The lowest BCUT2D eigenvalue weighted by atomic mass is 10.2. The molecule has 1 aromatic heterocycles. The van der Waals surface area contributed by atoms with E-state index in [-0.39, 0.29) is 5.91 Å². The Hall–Kier alpha value is -1.62. The molecule has 3 nitrogen and oxygen atoms in total. The van der Waals surface area contributed by atoms with Gasteiger partial charge in [-0.15, -0.1) is 11.3 Å². The summed E-state index contributed by atoms with van der Waals surface area (Å²) in [6, 6.07) is 11.7. The zero-order valence-electron chi connectivity index (χ0n) is 12.6. The highest BCUT2D eigenvalue weighted by Crippen LogP contribution is 2.20. The number of halogens is 1. The van der Waals surface area contributed by atoms with Crippen LogP contribution in [0, 0.1) is 6.92 Å². The molecule has 1 atom stereocenters. The van der Waals surface area contributed by atoms with E-state index in [9.17, 15) is 4.79 Å². The Bertz CT molecular complexity index is 654. The van der Waals surface area contributed by atoms with E-state index in [2.05, 4.69) is 11.9 Å². The third-order valence-corrected chi connectivity index (χ3v) is 4.43. The lowest BCUT2D eigenvalue weighted by Crippen LogP contribution is -3.11. The number of aryl methyl sites for hydroxylation is 1. The van der Waals surface area contributed by atoms with Crippen molar-refractivity contribution in [3.8, 4) is 0 Å². The summed E-state index contributed by atoms with van der Waals surface area (Å²) in [7, 11) is 0. The van der Waals surface area contributed by atoms with Crippen molar-refractivity contribution < 1.29 is 9.69 Å². The molecule has 116 valence electrons. The first-order chi connectivity index (χ1) is 10.6. The van der Waals surface area contributed by atoms with Gasteiger partial charge in [0.25, 0.3) is 5.91 Å². The highest BCUT2D eigenvalue weighted by atomic mass is 35.5. The van der Waals surface area contributed by atoms with Crippen molar-refractivity contribution in [1.29, 1.82) is 0 Å². The lowest BCUT2D eigenvalue weighted by molar-refractivity contribution is -0.899. The highest BCUT2D eigenvalue weighted by Gasteiger charge is 2.15. The third-order valence-electron chi connectivity index (χ3n) is 3.20. The summed E-state index contributed by atoms with van der Waals surface area (Å²) in [6.45, 7) is 7.68. The van der Waals surface area contributed by atoms with Crippen LogP contribution >= 0.6 is 22.9 Å². The standard InChI is InChI=1S/C17H19ClN2OS/c1-3-9-20(11-15-7-8-16(18)22-15)12-17(21)19-14-6-4-5-13(2)10-14/h3-8,10H,1,9,11-12H2,2H3,(H,19,21)/p+1. The number of quaternary nitrogens is 1. The molecule has 22 heavy (non-hydrogen) atoms. The lowest BCUT2D eigenvalue weighted by Gasteiger charge is -2.16. The zero-order valence-corrected chi connectivity index (χ0v) is 14.1. The largest absolute Gasteiger partial charge is 0.321 e. The molecule has 0 bridgehead atoms. The number of rotatable bonds is 7. The fourth-order valence-electron chi connectivity index (χ4n) is 2.26.